The topological polar surface area (TPSA) is 60.2 Å². The zero-order chi connectivity index (χ0) is 13.3. The number of fused-ring (bicyclic) bond motifs is 1. The van der Waals surface area contributed by atoms with Gasteiger partial charge in [-0.2, -0.15) is 0 Å². The molecule has 0 fully saturated rings. The number of nitrogens with two attached hydrogens (primary N) is 1. The van der Waals surface area contributed by atoms with Crippen molar-refractivity contribution in [2.75, 3.05) is 0 Å². The van der Waals surface area contributed by atoms with Gasteiger partial charge in [-0.15, -0.1) is 0 Å². The third kappa shape index (κ3) is 2.40. The molecule has 2 aromatic carbocycles. The maximum absolute atomic E-state index is 11.7. The second-order valence-electron chi connectivity index (χ2n) is 4.56. The van der Waals surface area contributed by atoms with Gasteiger partial charge in [-0.05, 0) is 29.7 Å². The van der Waals surface area contributed by atoms with E-state index in [-0.39, 0.29) is 0 Å². The SMILES string of the molecule is CCC(c1cc(C)cc2ccccc12)S(N)(=O)=O. The summed E-state index contributed by atoms with van der Waals surface area (Å²) < 4.78 is 23.4. The molecule has 0 spiro atoms. The molecule has 0 saturated carbocycles. The predicted octanol–water partition coefficient (Wildman–Crippen LogP) is 2.89. The number of benzene rings is 2. The normalized spacial score (nSPS) is 13.7. The number of rotatable bonds is 3. The van der Waals surface area contributed by atoms with Gasteiger partial charge < -0.3 is 0 Å². The molecule has 0 aliphatic rings. The van der Waals surface area contributed by atoms with E-state index in [9.17, 15) is 8.42 Å². The van der Waals surface area contributed by atoms with Crippen LogP contribution in [0.2, 0.25) is 0 Å². The standard InChI is InChI=1S/C14H17NO2S/c1-3-14(18(15,16)17)13-9-10(2)8-11-6-4-5-7-12(11)13/h4-9,14H,3H2,1-2H3,(H2,15,16,17). The molecule has 3 nitrogen and oxygen atoms in total. The van der Waals surface area contributed by atoms with Crippen LogP contribution in [0.25, 0.3) is 10.8 Å². The van der Waals surface area contributed by atoms with Crippen molar-refractivity contribution in [1.82, 2.24) is 0 Å². The number of primary sulfonamides is 1. The van der Waals surface area contributed by atoms with Gasteiger partial charge in [0.1, 0.15) is 5.25 Å². The highest BCUT2D eigenvalue weighted by molar-refractivity contribution is 7.89. The van der Waals surface area contributed by atoms with Crippen LogP contribution in [0.1, 0.15) is 29.7 Å². The molecule has 2 N–H and O–H groups in total. The number of sulfonamides is 1. The first kappa shape index (κ1) is 13.1. The van der Waals surface area contributed by atoms with E-state index < -0.39 is 15.3 Å². The van der Waals surface area contributed by atoms with Crippen LogP contribution >= 0.6 is 0 Å². The van der Waals surface area contributed by atoms with Crippen molar-refractivity contribution in [3.63, 3.8) is 0 Å². The average molecular weight is 263 g/mol. The van der Waals surface area contributed by atoms with E-state index in [1.165, 1.54) is 0 Å². The van der Waals surface area contributed by atoms with Crippen molar-refractivity contribution >= 4 is 20.8 Å². The Hall–Kier alpha value is -1.39. The van der Waals surface area contributed by atoms with E-state index in [1.807, 2.05) is 44.2 Å². The molecule has 0 saturated heterocycles. The van der Waals surface area contributed by atoms with Crippen molar-refractivity contribution in [1.29, 1.82) is 0 Å². The molecule has 2 rings (SSSR count). The van der Waals surface area contributed by atoms with E-state index >= 15 is 0 Å². The highest BCUT2D eigenvalue weighted by Crippen LogP contribution is 2.31. The molecule has 0 aliphatic heterocycles. The summed E-state index contributed by atoms with van der Waals surface area (Å²) in [6, 6.07) is 11.8. The van der Waals surface area contributed by atoms with E-state index in [0.717, 1.165) is 21.9 Å². The summed E-state index contributed by atoms with van der Waals surface area (Å²) in [7, 11) is -3.58. The van der Waals surface area contributed by atoms with E-state index in [4.69, 9.17) is 5.14 Å². The first-order chi connectivity index (χ1) is 8.43. The van der Waals surface area contributed by atoms with E-state index in [0.29, 0.717) is 6.42 Å². The highest BCUT2D eigenvalue weighted by atomic mass is 32.2. The lowest BCUT2D eigenvalue weighted by atomic mass is 9.98. The minimum atomic E-state index is -3.58. The molecule has 1 atom stereocenters. The van der Waals surface area contributed by atoms with Gasteiger partial charge in [0.05, 0.1) is 0 Å². The lowest BCUT2D eigenvalue weighted by Crippen LogP contribution is -2.21. The molecule has 0 amide bonds. The Morgan fingerprint density at radius 2 is 1.89 bits per heavy atom. The molecule has 0 aromatic heterocycles. The summed E-state index contributed by atoms with van der Waals surface area (Å²) in [6.45, 7) is 3.80. The van der Waals surface area contributed by atoms with Crippen LogP contribution in [-0.2, 0) is 10.0 Å². The second-order valence-corrected chi connectivity index (χ2v) is 6.31. The molecular weight excluding hydrogens is 246 g/mol. The summed E-state index contributed by atoms with van der Waals surface area (Å²) >= 11 is 0. The monoisotopic (exact) mass is 263 g/mol. The van der Waals surface area contributed by atoms with Crippen LogP contribution in [0.5, 0.6) is 0 Å². The van der Waals surface area contributed by atoms with E-state index in [2.05, 4.69) is 6.07 Å². The number of hydrogen-bond donors (Lipinski definition) is 1. The van der Waals surface area contributed by atoms with Crippen molar-refractivity contribution in [2.45, 2.75) is 25.5 Å². The Morgan fingerprint density at radius 3 is 2.50 bits per heavy atom. The van der Waals surface area contributed by atoms with Crippen LogP contribution in [0, 0.1) is 6.92 Å². The smallest absolute Gasteiger partial charge is 0.216 e. The van der Waals surface area contributed by atoms with Gasteiger partial charge >= 0.3 is 0 Å². The van der Waals surface area contributed by atoms with Crippen molar-refractivity contribution in [3.05, 3.63) is 47.5 Å². The second kappa shape index (κ2) is 4.71. The molecule has 2 aromatic rings. The van der Waals surface area contributed by atoms with Crippen LogP contribution < -0.4 is 5.14 Å². The summed E-state index contributed by atoms with van der Waals surface area (Å²) in [5.41, 5.74) is 1.85. The fourth-order valence-electron chi connectivity index (χ4n) is 2.39. The van der Waals surface area contributed by atoms with Crippen molar-refractivity contribution < 1.29 is 8.42 Å². The molecule has 96 valence electrons. The summed E-state index contributed by atoms with van der Waals surface area (Å²) in [5.74, 6) is 0. The molecular formula is C14H17NO2S. The maximum atomic E-state index is 11.7. The zero-order valence-electron chi connectivity index (χ0n) is 10.6. The summed E-state index contributed by atoms with van der Waals surface area (Å²) in [6.07, 6.45) is 0.478. The van der Waals surface area contributed by atoms with Crippen molar-refractivity contribution in [2.24, 2.45) is 5.14 Å². The largest absolute Gasteiger partial charge is 0.228 e. The van der Waals surface area contributed by atoms with Gasteiger partial charge in [-0.1, -0.05) is 48.9 Å². The molecule has 0 bridgehead atoms. The molecule has 18 heavy (non-hydrogen) atoms. The van der Waals surface area contributed by atoms with Crippen LogP contribution in [-0.4, -0.2) is 8.42 Å². The van der Waals surface area contributed by atoms with Gasteiger partial charge in [0.25, 0.3) is 0 Å². The van der Waals surface area contributed by atoms with Gasteiger partial charge in [0.2, 0.25) is 10.0 Å². The Morgan fingerprint density at radius 1 is 1.22 bits per heavy atom. The van der Waals surface area contributed by atoms with Gasteiger partial charge in [-0.25, -0.2) is 13.6 Å². The van der Waals surface area contributed by atoms with Gasteiger partial charge in [0.15, 0.2) is 0 Å². The third-order valence-corrected chi connectivity index (χ3v) is 4.53. The molecule has 0 heterocycles. The first-order valence-corrected chi connectivity index (χ1v) is 7.55. The first-order valence-electron chi connectivity index (χ1n) is 5.94. The van der Waals surface area contributed by atoms with Crippen LogP contribution in [0.3, 0.4) is 0 Å². The minimum absolute atomic E-state index is 0.478. The summed E-state index contributed by atoms with van der Waals surface area (Å²) in [4.78, 5) is 0. The Kier molecular flexibility index (Phi) is 3.41. The molecule has 1 unspecified atom stereocenters. The lowest BCUT2D eigenvalue weighted by molar-refractivity contribution is 0.581. The fraction of sp³-hybridized carbons (Fsp3) is 0.286. The average Bonchev–Trinajstić information content (AvgIpc) is 2.27. The molecule has 0 radical (unpaired) electrons. The maximum Gasteiger partial charge on any atom is 0.216 e. The highest BCUT2D eigenvalue weighted by Gasteiger charge is 2.23. The number of hydrogen-bond acceptors (Lipinski definition) is 2. The van der Waals surface area contributed by atoms with E-state index in [1.54, 1.807) is 0 Å². The molecule has 4 heteroatoms. The molecule has 0 aliphatic carbocycles. The van der Waals surface area contributed by atoms with Crippen LogP contribution in [0.4, 0.5) is 0 Å². The Labute approximate surface area is 108 Å². The minimum Gasteiger partial charge on any atom is -0.228 e. The Balaban J connectivity index is 2.77. The predicted molar refractivity (Wildman–Crippen MR) is 74.8 cm³/mol. The zero-order valence-corrected chi connectivity index (χ0v) is 11.4. The quantitative estimate of drug-likeness (QED) is 0.925. The number of aryl methyl sites for hydroxylation is 1. The Bertz CT molecular complexity index is 677. The lowest BCUT2D eigenvalue weighted by Gasteiger charge is -2.16. The third-order valence-electron chi connectivity index (χ3n) is 3.15. The van der Waals surface area contributed by atoms with Crippen molar-refractivity contribution in [3.8, 4) is 0 Å². The van der Waals surface area contributed by atoms with Crippen LogP contribution in [0.15, 0.2) is 36.4 Å². The fourth-order valence-corrected chi connectivity index (χ4v) is 3.40. The summed E-state index contributed by atoms with van der Waals surface area (Å²) in [5, 5.41) is 6.71. The van der Waals surface area contributed by atoms with Gasteiger partial charge in [0, 0.05) is 0 Å². The van der Waals surface area contributed by atoms with Gasteiger partial charge in [-0.3, -0.25) is 0 Å².